The SMILES string of the molecule is CCOCC1(CCC(=O)C(=O)NCC[C@@H](NC(=O)c2ccc(Nc3nc(NC4(c5ccc(Cl)cc5)CC4)nc(OCC(F)(F)F)n3)cc2)C(=O)OC)CC1. The zero-order valence-corrected chi connectivity index (χ0v) is 30.4. The van der Waals surface area contributed by atoms with Gasteiger partial charge in [0.25, 0.3) is 11.8 Å². The summed E-state index contributed by atoms with van der Waals surface area (Å²) in [7, 11) is 1.16. The number of alkyl halides is 3. The summed E-state index contributed by atoms with van der Waals surface area (Å²) in [4.78, 5) is 62.7. The number of nitrogens with zero attached hydrogens (tertiary/aromatic N) is 3. The quantitative estimate of drug-likeness (QED) is 0.0865. The van der Waals surface area contributed by atoms with Gasteiger partial charge in [0, 0.05) is 35.8 Å². The Bertz CT molecular complexity index is 1810. The topological polar surface area (TPSA) is 183 Å². The highest BCUT2D eigenvalue weighted by molar-refractivity contribution is 6.36. The minimum absolute atomic E-state index is 0.0216. The second-order valence-electron chi connectivity index (χ2n) is 13.2. The Morgan fingerprint density at radius 3 is 2.24 bits per heavy atom. The molecule has 5 rings (SSSR count). The number of carbonyl (C=O) groups excluding carboxylic acids is 4. The Balaban J connectivity index is 1.18. The van der Waals surface area contributed by atoms with Gasteiger partial charge in [0.15, 0.2) is 6.61 Å². The highest BCUT2D eigenvalue weighted by Gasteiger charge is 2.45. The number of anilines is 3. The van der Waals surface area contributed by atoms with Gasteiger partial charge in [-0.25, -0.2) is 4.79 Å². The molecule has 0 unspecified atom stereocenters. The fourth-order valence-corrected chi connectivity index (χ4v) is 5.75. The smallest absolute Gasteiger partial charge is 0.422 e. The second kappa shape index (κ2) is 17.4. The minimum atomic E-state index is -4.63. The highest BCUT2D eigenvalue weighted by Crippen LogP contribution is 2.50. The van der Waals surface area contributed by atoms with E-state index in [1.807, 2.05) is 19.1 Å². The zero-order valence-electron chi connectivity index (χ0n) is 29.7. The third-order valence-electron chi connectivity index (χ3n) is 9.10. The van der Waals surface area contributed by atoms with Gasteiger partial charge in [0.05, 0.1) is 19.3 Å². The standard InChI is InChI=1S/C36H41ClF3N7O7/c1-3-53-20-34(15-16-34)14-12-27(48)29(50)41-19-13-26(30(51)52-2)43-28(49)22-4-10-25(11-5-22)42-31-44-32(46-33(45-31)54-21-36(38,39)40)47-35(17-18-35)23-6-8-24(37)9-7-23/h4-11,26H,3,12-21H2,1-2H3,(H,41,50)(H,43,49)(H2,42,44,45,46,47)/t26-/m1/s1. The zero-order chi connectivity index (χ0) is 38.9. The van der Waals surface area contributed by atoms with Crippen LogP contribution in [-0.4, -0.2) is 84.2 Å². The number of esters is 1. The van der Waals surface area contributed by atoms with Crippen molar-refractivity contribution in [2.75, 3.05) is 44.1 Å². The summed E-state index contributed by atoms with van der Waals surface area (Å²) in [6.07, 6.45) is -0.684. The third-order valence-corrected chi connectivity index (χ3v) is 9.35. The second-order valence-corrected chi connectivity index (χ2v) is 13.7. The molecule has 54 heavy (non-hydrogen) atoms. The third kappa shape index (κ3) is 11.5. The first-order valence-electron chi connectivity index (χ1n) is 17.4. The molecule has 0 radical (unpaired) electrons. The molecule has 0 aliphatic heterocycles. The average molecular weight is 776 g/mol. The summed E-state index contributed by atoms with van der Waals surface area (Å²) in [5.41, 5.74) is 0.833. The van der Waals surface area contributed by atoms with Crippen molar-refractivity contribution in [2.45, 2.75) is 69.6 Å². The van der Waals surface area contributed by atoms with Crippen LogP contribution < -0.4 is 26.0 Å². The van der Waals surface area contributed by atoms with Crippen LogP contribution in [0.4, 0.5) is 30.8 Å². The van der Waals surface area contributed by atoms with E-state index >= 15 is 0 Å². The number of methoxy groups -OCH3 is 1. The van der Waals surface area contributed by atoms with Gasteiger partial charge in [-0.3, -0.25) is 14.4 Å². The van der Waals surface area contributed by atoms with Crippen LogP contribution in [-0.2, 0) is 29.4 Å². The van der Waals surface area contributed by atoms with Crippen molar-refractivity contribution in [2.24, 2.45) is 5.41 Å². The number of rotatable bonds is 20. The summed E-state index contributed by atoms with van der Waals surface area (Å²) < 4.78 is 54.0. The maximum atomic E-state index is 13.1. The molecular weight excluding hydrogens is 735 g/mol. The molecule has 18 heteroatoms. The van der Waals surface area contributed by atoms with E-state index in [0.29, 0.717) is 43.2 Å². The summed E-state index contributed by atoms with van der Waals surface area (Å²) in [5, 5.41) is 11.7. The Morgan fingerprint density at radius 2 is 1.63 bits per heavy atom. The van der Waals surface area contributed by atoms with E-state index in [1.165, 1.54) is 24.3 Å². The number of carbonyl (C=O) groups is 4. The number of ketones is 1. The fourth-order valence-electron chi connectivity index (χ4n) is 5.62. The molecule has 2 aliphatic rings. The monoisotopic (exact) mass is 775 g/mol. The molecule has 14 nitrogen and oxygen atoms in total. The van der Waals surface area contributed by atoms with Crippen molar-refractivity contribution in [1.82, 2.24) is 25.6 Å². The molecule has 1 aromatic heterocycles. The first-order chi connectivity index (χ1) is 25.7. The molecule has 0 bridgehead atoms. The molecule has 0 spiro atoms. The minimum Gasteiger partial charge on any atom is -0.467 e. The van der Waals surface area contributed by atoms with E-state index < -0.39 is 53.9 Å². The summed E-state index contributed by atoms with van der Waals surface area (Å²) in [6.45, 7) is 1.36. The Hall–Kier alpha value is -5.03. The Kier molecular flexibility index (Phi) is 12.9. The van der Waals surface area contributed by atoms with Crippen molar-refractivity contribution >= 4 is 52.8 Å². The molecule has 1 atom stereocenters. The van der Waals surface area contributed by atoms with Crippen molar-refractivity contribution in [3.63, 3.8) is 0 Å². The Labute approximate surface area is 314 Å². The van der Waals surface area contributed by atoms with Crippen molar-refractivity contribution in [1.29, 1.82) is 0 Å². The fraction of sp³-hybridized carbons (Fsp3) is 0.472. The number of benzene rings is 2. The number of hydrogen-bond acceptors (Lipinski definition) is 12. The lowest BCUT2D eigenvalue weighted by molar-refractivity contribution is -0.154. The lowest BCUT2D eigenvalue weighted by Crippen LogP contribution is -2.44. The number of amides is 2. The van der Waals surface area contributed by atoms with Crippen LogP contribution in [0.5, 0.6) is 6.01 Å². The number of nitrogens with one attached hydrogen (secondary N) is 4. The summed E-state index contributed by atoms with van der Waals surface area (Å²) in [5.74, 6) is -2.86. The largest absolute Gasteiger partial charge is 0.467 e. The van der Waals surface area contributed by atoms with Gasteiger partial charge in [0.2, 0.25) is 17.7 Å². The molecule has 2 amide bonds. The van der Waals surface area contributed by atoms with Crippen LogP contribution in [0, 0.1) is 5.41 Å². The number of Topliss-reactive ketones (excluding diaryl/α,β-unsaturated/α-hetero) is 1. The van der Waals surface area contributed by atoms with Crippen LogP contribution in [0.1, 0.15) is 67.8 Å². The number of aromatic nitrogens is 3. The van der Waals surface area contributed by atoms with E-state index in [9.17, 15) is 32.3 Å². The predicted octanol–water partition coefficient (Wildman–Crippen LogP) is 5.25. The number of ether oxygens (including phenoxy) is 3. The van der Waals surface area contributed by atoms with E-state index in [2.05, 4.69) is 36.2 Å². The van der Waals surface area contributed by atoms with Crippen molar-refractivity contribution in [3.8, 4) is 6.01 Å². The van der Waals surface area contributed by atoms with Crippen LogP contribution in [0.3, 0.4) is 0 Å². The van der Waals surface area contributed by atoms with Crippen LogP contribution in [0.15, 0.2) is 48.5 Å². The molecule has 1 heterocycles. The molecular formula is C36H41ClF3N7O7. The van der Waals surface area contributed by atoms with E-state index in [4.69, 9.17) is 25.8 Å². The van der Waals surface area contributed by atoms with E-state index in [-0.39, 0.29) is 42.3 Å². The molecule has 3 aromatic rings. The maximum absolute atomic E-state index is 13.1. The normalized spacial score (nSPS) is 15.7. The first-order valence-corrected chi connectivity index (χ1v) is 17.7. The molecule has 2 saturated carbocycles. The van der Waals surface area contributed by atoms with Gasteiger partial charge in [-0.05, 0) is 92.8 Å². The van der Waals surface area contributed by atoms with Crippen LogP contribution in [0.2, 0.25) is 5.02 Å². The van der Waals surface area contributed by atoms with Crippen LogP contribution >= 0.6 is 11.6 Å². The predicted molar refractivity (Wildman–Crippen MR) is 190 cm³/mol. The first kappa shape index (κ1) is 40.2. The average Bonchev–Trinajstić information content (AvgIpc) is 4.09. The molecule has 2 aliphatic carbocycles. The molecule has 2 fully saturated rings. The van der Waals surface area contributed by atoms with E-state index in [0.717, 1.165) is 25.5 Å². The van der Waals surface area contributed by atoms with Gasteiger partial charge in [-0.15, -0.1) is 0 Å². The van der Waals surface area contributed by atoms with Gasteiger partial charge < -0.3 is 35.5 Å². The molecule has 290 valence electrons. The van der Waals surface area contributed by atoms with Gasteiger partial charge >= 0.3 is 18.2 Å². The van der Waals surface area contributed by atoms with E-state index in [1.54, 1.807) is 12.1 Å². The Morgan fingerprint density at radius 1 is 0.944 bits per heavy atom. The van der Waals surface area contributed by atoms with Crippen molar-refractivity contribution in [3.05, 3.63) is 64.7 Å². The molecule has 2 aromatic carbocycles. The maximum Gasteiger partial charge on any atom is 0.422 e. The molecule has 4 N–H and O–H groups in total. The van der Waals surface area contributed by atoms with Gasteiger partial charge in [-0.1, -0.05) is 23.7 Å². The number of hydrogen-bond donors (Lipinski definition) is 4. The molecule has 0 saturated heterocycles. The lowest BCUT2D eigenvalue weighted by atomic mass is 9.99. The lowest BCUT2D eigenvalue weighted by Gasteiger charge is -2.19. The van der Waals surface area contributed by atoms with Gasteiger partial charge in [-0.2, -0.15) is 28.1 Å². The summed E-state index contributed by atoms with van der Waals surface area (Å²) >= 11 is 6.03. The highest BCUT2D eigenvalue weighted by atomic mass is 35.5. The van der Waals surface area contributed by atoms with Crippen molar-refractivity contribution < 1.29 is 46.6 Å². The number of halogens is 4. The van der Waals surface area contributed by atoms with Crippen LogP contribution in [0.25, 0.3) is 0 Å². The summed E-state index contributed by atoms with van der Waals surface area (Å²) in [6, 6.07) is 11.3. The van der Waals surface area contributed by atoms with Gasteiger partial charge in [0.1, 0.15) is 6.04 Å².